The Balaban J connectivity index is 1.43. The van der Waals surface area contributed by atoms with Crippen molar-refractivity contribution in [3.63, 3.8) is 0 Å². The summed E-state index contributed by atoms with van der Waals surface area (Å²) in [6.07, 6.45) is 0.676. The van der Waals surface area contributed by atoms with Gasteiger partial charge in [0, 0.05) is 12.7 Å². The predicted octanol–water partition coefficient (Wildman–Crippen LogP) is 3.63. The number of rotatable bonds is 5. The molecule has 0 aliphatic heterocycles. The lowest BCUT2D eigenvalue weighted by Crippen LogP contribution is -2.28. The minimum absolute atomic E-state index is 0.0454. The topological polar surface area (TPSA) is 67.2 Å². The number of benzene rings is 3. The smallest absolute Gasteiger partial charge is 0.271 e. The van der Waals surface area contributed by atoms with Gasteiger partial charge in [0.15, 0.2) is 5.69 Å². The third kappa shape index (κ3) is 3.63. The van der Waals surface area contributed by atoms with E-state index in [0.717, 1.165) is 16.3 Å². The average Bonchev–Trinajstić information content (AvgIpc) is 3.22. The van der Waals surface area contributed by atoms with Gasteiger partial charge in [0.25, 0.3) is 5.91 Å². The van der Waals surface area contributed by atoms with Gasteiger partial charge in [-0.15, -0.1) is 0 Å². The number of amides is 1. The quantitative estimate of drug-likeness (QED) is 0.560. The first-order valence-corrected chi connectivity index (χ1v) is 8.87. The number of carbonyl (C=O) groups is 1. The Kier molecular flexibility index (Phi) is 4.87. The lowest BCUT2D eigenvalue weighted by molar-refractivity contribution is 0.0911. The van der Waals surface area contributed by atoms with Crippen molar-refractivity contribution in [2.24, 2.45) is 0 Å². The van der Waals surface area contributed by atoms with Gasteiger partial charge in [0.05, 0.1) is 6.10 Å². The Morgan fingerprint density at radius 3 is 2.61 bits per heavy atom. The Morgan fingerprint density at radius 2 is 1.79 bits per heavy atom. The Morgan fingerprint density at radius 1 is 1.04 bits per heavy atom. The number of aliphatic hydroxyl groups is 1. The SMILES string of the molecule is O=C(NCC(O)c1ccc2ccccc2c1)c1ccn(-c2ccccc2F)n1. The zero-order valence-electron chi connectivity index (χ0n) is 14.9. The van der Waals surface area contributed by atoms with Gasteiger partial charge in [-0.1, -0.05) is 48.5 Å². The molecule has 4 aromatic rings. The largest absolute Gasteiger partial charge is 0.387 e. The fraction of sp³-hybridized carbons (Fsp3) is 0.0909. The standard InChI is InChI=1S/C22H18FN3O2/c23-18-7-3-4-8-20(18)26-12-11-19(25-26)22(28)24-14-21(27)17-10-9-15-5-1-2-6-16(15)13-17/h1-13,21,27H,14H2,(H,24,28). The van der Waals surface area contributed by atoms with Gasteiger partial charge in [0.1, 0.15) is 11.5 Å². The first-order chi connectivity index (χ1) is 13.6. The van der Waals surface area contributed by atoms with E-state index in [1.807, 2.05) is 42.5 Å². The second-order valence-electron chi connectivity index (χ2n) is 6.43. The van der Waals surface area contributed by atoms with Gasteiger partial charge in [-0.3, -0.25) is 4.79 Å². The molecule has 4 rings (SSSR count). The lowest BCUT2D eigenvalue weighted by Gasteiger charge is -2.12. The zero-order valence-corrected chi connectivity index (χ0v) is 14.9. The molecule has 5 nitrogen and oxygen atoms in total. The summed E-state index contributed by atoms with van der Waals surface area (Å²) in [5.74, 6) is -0.862. The molecule has 1 atom stereocenters. The van der Waals surface area contributed by atoms with Crippen LogP contribution < -0.4 is 5.32 Å². The maximum Gasteiger partial charge on any atom is 0.271 e. The van der Waals surface area contributed by atoms with Crippen molar-refractivity contribution in [1.29, 1.82) is 0 Å². The lowest BCUT2D eigenvalue weighted by atomic mass is 10.0. The summed E-state index contributed by atoms with van der Waals surface area (Å²) in [6.45, 7) is 0.0454. The van der Waals surface area contributed by atoms with E-state index in [9.17, 15) is 14.3 Å². The number of hydrogen-bond donors (Lipinski definition) is 2. The van der Waals surface area contributed by atoms with E-state index in [4.69, 9.17) is 0 Å². The van der Waals surface area contributed by atoms with E-state index in [-0.39, 0.29) is 17.9 Å². The molecule has 140 valence electrons. The van der Waals surface area contributed by atoms with Crippen LogP contribution in [-0.2, 0) is 0 Å². The van der Waals surface area contributed by atoms with Crippen LogP contribution in [-0.4, -0.2) is 27.3 Å². The molecule has 1 aromatic heterocycles. The van der Waals surface area contributed by atoms with Crippen LogP contribution in [0.25, 0.3) is 16.5 Å². The molecule has 2 N–H and O–H groups in total. The Bertz CT molecular complexity index is 1140. The maximum absolute atomic E-state index is 13.8. The van der Waals surface area contributed by atoms with Crippen molar-refractivity contribution in [3.8, 4) is 5.69 Å². The highest BCUT2D eigenvalue weighted by Gasteiger charge is 2.14. The van der Waals surface area contributed by atoms with Crippen molar-refractivity contribution in [3.05, 3.63) is 96.1 Å². The summed E-state index contributed by atoms with van der Waals surface area (Å²) in [6, 6.07) is 21.2. The third-order valence-corrected chi connectivity index (χ3v) is 4.54. The van der Waals surface area contributed by atoms with Gasteiger partial charge in [-0.25, -0.2) is 9.07 Å². The third-order valence-electron chi connectivity index (χ3n) is 4.54. The van der Waals surface area contributed by atoms with Crippen molar-refractivity contribution < 1.29 is 14.3 Å². The molecular weight excluding hydrogens is 357 g/mol. The molecule has 0 fully saturated rings. The molecule has 6 heteroatoms. The van der Waals surface area contributed by atoms with Gasteiger partial charge < -0.3 is 10.4 Å². The monoisotopic (exact) mass is 375 g/mol. The van der Waals surface area contributed by atoms with E-state index in [2.05, 4.69) is 10.4 Å². The minimum Gasteiger partial charge on any atom is -0.387 e. The van der Waals surface area contributed by atoms with E-state index < -0.39 is 17.8 Å². The van der Waals surface area contributed by atoms with Crippen LogP contribution in [0.1, 0.15) is 22.2 Å². The first kappa shape index (κ1) is 17.9. The normalized spacial score (nSPS) is 12.1. The molecule has 28 heavy (non-hydrogen) atoms. The van der Waals surface area contributed by atoms with Crippen LogP contribution in [0.4, 0.5) is 4.39 Å². The van der Waals surface area contributed by atoms with Gasteiger partial charge in [0.2, 0.25) is 0 Å². The Hall–Kier alpha value is -3.51. The predicted molar refractivity (Wildman–Crippen MR) is 105 cm³/mol. The number of aromatic nitrogens is 2. The van der Waals surface area contributed by atoms with Crippen LogP contribution in [0.3, 0.4) is 0 Å². The number of fused-ring (bicyclic) bond motifs is 1. The number of hydrogen-bond acceptors (Lipinski definition) is 3. The van der Waals surface area contributed by atoms with Crippen molar-refractivity contribution in [1.82, 2.24) is 15.1 Å². The van der Waals surface area contributed by atoms with E-state index in [0.29, 0.717) is 0 Å². The highest BCUT2D eigenvalue weighted by atomic mass is 19.1. The van der Waals surface area contributed by atoms with Crippen LogP contribution in [0, 0.1) is 5.82 Å². The fourth-order valence-corrected chi connectivity index (χ4v) is 3.03. The summed E-state index contributed by atoms with van der Waals surface area (Å²) in [7, 11) is 0. The van der Waals surface area contributed by atoms with Gasteiger partial charge in [-0.05, 0) is 40.6 Å². The molecule has 0 aliphatic rings. The fourth-order valence-electron chi connectivity index (χ4n) is 3.03. The van der Waals surface area contributed by atoms with Crippen LogP contribution >= 0.6 is 0 Å². The summed E-state index contributed by atoms with van der Waals surface area (Å²) in [5.41, 5.74) is 1.13. The van der Waals surface area contributed by atoms with Crippen molar-refractivity contribution >= 4 is 16.7 Å². The van der Waals surface area contributed by atoms with Crippen LogP contribution in [0.15, 0.2) is 79.0 Å². The average molecular weight is 375 g/mol. The van der Waals surface area contributed by atoms with Crippen LogP contribution in [0.2, 0.25) is 0 Å². The highest BCUT2D eigenvalue weighted by Crippen LogP contribution is 2.20. The van der Waals surface area contributed by atoms with E-state index >= 15 is 0 Å². The Labute approximate surface area is 161 Å². The van der Waals surface area contributed by atoms with E-state index in [1.54, 1.807) is 18.2 Å². The van der Waals surface area contributed by atoms with Crippen molar-refractivity contribution in [2.45, 2.75) is 6.10 Å². The minimum atomic E-state index is -0.845. The second-order valence-corrected chi connectivity index (χ2v) is 6.43. The number of carbonyl (C=O) groups excluding carboxylic acids is 1. The molecule has 3 aromatic carbocycles. The molecule has 0 saturated carbocycles. The number of nitrogens with one attached hydrogen (secondary N) is 1. The van der Waals surface area contributed by atoms with Gasteiger partial charge >= 0.3 is 0 Å². The summed E-state index contributed by atoms with van der Waals surface area (Å²) < 4.78 is 15.2. The molecule has 0 saturated heterocycles. The number of nitrogens with zero attached hydrogens (tertiary/aromatic N) is 2. The summed E-state index contributed by atoms with van der Waals surface area (Å²) in [5, 5.41) is 19.3. The number of halogens is 1. The number of para-hydroxylation sites is 1. The maximum atomic E-state index is 13.8. The van der Waals surface area contributed by atoms with Gasteiger partial charge in [-0.2, -0.15) is 5.10 Å². The molecule has 0 radical (unpaired) electrons. The van der Waals surface area contributed by atoms with E-state index in [1.165, 1.54) is 23.0 Å². The van der Waals surface area contributed by atoms with Crippen molar-refractivity contribution in [2.75, 3.05) is 6.54 Å². The zero-order chi connectivity index (χ0) is 19.5. The molecule has 1 amide bonds. The molecular formula is C22H18FN3O2. The molecule has 1 unspecified atom stereocenters. The molecule has 0 aliphatic carbocycles. The van der Waals surface area contributed by atoms with Crippen LogP contribution in [0.5, 0.6) is 0 Å². The molecule has 1 heterocycles. The second kappa shape index (κ2) is 7.62. The summed E-state index contributed by atoms with van der Waals surface area (Å²) >= 11 is 0. The first-order valence-electron chi connectivity index (χ1n) is 8.87. The summed E-state index contributed by atoms with van der Waals surface area (Å²) in [4.78, 5) is 12.3. The molecule has 0 bridgehead atoms. The highest BCUT2D eigenvalue weighted by molar-refractivity contribution is 5.92. The number of aliphatic hydroxyl groups excluding tert-OH is 1. The molecule has 0 spiro atoms.